The van der Waals surface area contributed by atoms with Crippen molar-refractivity contribution in [2.75, 3.05) is 0 Å². The summed E-state index contributed by atoms with van der Waals surface area (Å²) >= 11 is 0. The first-order valence-corrected chi connectivity index (χ1v) is 9.84. The molecule has 22 heavy (non-hydrogen) atoms. The number of rotatable bonds is 14. The van der Waals surface area contributed by atoms with Crippen LogP contribution in [0.1, 0.15) is 96.5 Å². The van der Waals surface area contributed by atoms with Crippen molar-refractivity contribution in [2.24, 2.45) is 0 Å². The van der Waals surface area contributed by atoms with E-state index in [-0.39, 0.29) is 0 Å². The van der Waals surface area contributed by atoms with Crippen molar-refractivity contribution in [3.8, 4) is 0 Å². The lowest BCUT2D eigenvalue weighted by molar-refractivity contribution is -0.697. The van der Waals surface area contributed by atoms with E-state index >= 15 is 0 Å². The minimum absolute atomic E-state index is 1.18. The third-order valence-corrected chi connectivity index (χ3v) is 4.52. The Balaban J connectivity index is 1.90. The maximum atomic E-state index is 2.34. The molecule has 1 nitrogen and oxygen atoms in total. The molecule has 0 saturated heterocycles. The molecule has 0 spiro atoms. The van der Waals surface area contributed by atoms with Gasteiger partial charge < -0.3 is 0 Å². The summed E-state index contributed by atoms with van der Waals surface area (Å²) in [5, 5.41) is 0. The topological polar surface area (TPSA) is 3.88 Å². The maximum Gasteiger partial charge on any atom is 0.169 e. The molecule has 0 unspecified atom stereocenters. The highest BCUT2D eigenvalue weighted by Gasteiger charge is 2.00. The first-order chi connectivity index (χ1) is 10.9. The highest BCUT2D eigenvalue weighted by Crippen LogP contribution is 2.11. The molecule has 1 rings (SSSR count). The van der Waals surface area contributed by atoms with Crippen molar-refractivity contribution in [3.05, 3.63) is 30.1 Å². The minimum Gasteiger partial charge on any atom is -0.205 e. The van der Waals surface area contributed by atoms with Gasteiger partial charge in [-0.2, -0.15) is 0 Å². The molecule has 1 aromatic heterocycles. The molecule has 0 aromatic carbocycles. The van der Waals surface area contributed by atoms with E-state index in [1.165, 1.54) is 95.6 Å². The van der Waals surface area contributed by atoms with Gasteiger partial charge in [0, 0.05) is 18.6 Å². The first-order valence-electron chi connectivity index (χ1n) is 9.84. The number of hydrogen-bond acceptors (Lipinski definition) is 0. The second-order valence-electron chi connectivity index (χ2n) is 6.73. The van der Waals surface area contributed by atoms with Crippen molar-refractivity contribution in [3.63, 3.8) is 0 Å². The third-order valence-electron chi connectivity index (χ3n) is 4.52. The predicted octanol–water partition coefficient (Wildman–Crippen LogP) is 6.24. The molecule has 0 aliphatic carbocycles. The molecule has 0 saturated carbocycles. The molecular formula is C21H38N+. The lowest BCUT2D eigenvalue weighted by atomic mass is 10.1. The van der Waals surface area contributed by atoms with Crippen molar-refractivity contribution in [1.29, 1.82) is 0 Å². The fraction of sp³-hybridized carbons (Fsp3) is 0.762. The van der Waals surface area contributed by atoms with Crippen LogP contribution >= 0.6 is 0 Å². The van der Waals surface area contributed by atoms with Gasteiger partial charge in [0.25, 0.3) is 0 Å². The first kappa shape index (κ1) is 19.2. The van der Waals surface area contributed by atoms with Crippen molar-refractivity contribution < 1.29 is 4.57 Å². The Morgan fingerprint density at radius 1 is 0.636 bits per heavy atom. The van der Waals surface area contributed by atoms with Crippen LogP contribution in [0.4, 0.5) is 0 Å². The summed E-state index contributed by atoms with van der Waals surface area (Å²) in [5.74, 6) is 0. The van der Waals surface area contributed by atoms with Crippen LogP contribution in [0.2, 0.25) is 0 Å². The highest BCUT2D eigenvalue weighted by molar-refractivity contribution is 5.06. The summed E-state index contributed by atoms with van der Waals surface area (Å²) in [6, 6.07) is 4.56. The zero-order chi connectivity index (χ0) is 15.9. The van der Waals surface area contributed by atoms with E-state index in [0.29, 0.717) is 0 Å². The smallest absolute Gasteiger partial charge is 0.169 e. The SMILES string of the molecule is CCCCCCCCCCCCC[n+]1ccc(CCC)cc1. The maximum absolute atomic E-state index is 2.34. The summed E-state index contributed by atoms with van der Waals surface area (Å²) in [7, 11) is 0. The molecule has 0 fully saturated rings. The molecule has 0 aliphatic heterocycles. The molecule has 126 valence electrons. The van der Waals surface area contributed by atoms with Gasteiger partial charge in [-0.1, -0.05) is 78.1 Å². The molecule has 0 bridgehead atoms. The van der Waals surface area contributed by atoms with Crippen molar-refractivity contribution >= 4 is 0 Å². The van der Waals surface area contributed by atoms with Gasteiger partial charge >= 0.3 is 0 Å². The van der Waals surface area contributed by atoms with E-state index in [0.717, 1.165) is 0 Å². The summed E-state index contributed by atoms with van der Waals surface area (Å²) in [6.07, 6.45) is 22.6. The Bertz CT molecular complexity index is 341. The molecule has 1 heteroatoms. The Hall–Kier alpha value is -0.850. The average Bonchev–Trinajstić information content (AvgIpc) is 2.54. The van der Waals surface area contributed by atoms with Crippen LogP contribution in [0.25, 0.3) is 0 Å². The van der Waals surface area contributed by atoms with Crippen LogP contribution in [0.3, 0.4) is 0 Å². The van der Waals surface area contributed by atoms with Crippen LogP contribution in [0, 0.1) is 0 Å². The van der Waals surface area contributed by atoms with E-state index in [1.807, 2.05) is 0 Å². The normalized spacial score (nSPS) is 11.0. The zero-order valence-corrected chi connectivity index (χ0v) is 15.2. The molecule has 1 heterocycles. The zero-order valence-electron chi connectivity index (χ0n) is 15.2. The van der Waals surface area contributed by atoms with Gasteiger partial charge in [0.05, 0.1) is 0 Å². The van der Waals surface area contributed by atoms with Gasteiger partial charge in [0.15, 0.2) is 12.4 Å². The second kappa shape index (κ2) is 13.8. The minimum atomic E-state index is 1.18. The fourth-order valence-electron chi connectivity index (χ4n) is 3.05. The van der Waals surface area contributed by atoms with Gasteiger partial charge in [-0.25, -0.2) is 4.57 Å². The Morgan fingerprint density at radius 2 is 1.14 bits per heavy atom. The molecular weight excluding hydrogens is 266 g/mol. The van der Waals surface area contributed by atoms with Crippen LogP contribution in [0.5, 0.6) is 0 Å². The quantitative estimate of drug-likeness (QED) is 0.283. The third kappa shape index (κ3) is 9.97. The van der Waals surface area contributed by atoms with E-state index < -0.39 is 0 Å². The van der Waals surface area contributed by atoms with Gasteiger partial charge in [-0.15, -0.1) is 0 Å². The average molecular weight is 305 g/mol. The number of unbranched alkanes of at least 4 members (excludes halogenated alkanes) is 10. The lowest BCUT2D eigenvalue weighted by Gasteiger charge is -2.02. The number of nitrogens with zero attached hydrogens (tertiary/aromatic N) is 1. The predicted molar refractivity (Wildman–Crippen MR) is 97.1 cm³/mol. The molecule has 0 N–H and O–H groups in total. The van der Waals surface area contributed by atoms with Crippen LogP contribution < -0.4 is 4.57 Å². The van der Waals surface area contributed by atoms with Crippen LogP contribution in [0.15, 0.2) is 24.5 Å². The van der Waals surface area contributed by atoms with Crippen LogP contribution in [-0.4, -0.2) is 0 Å². The summed E-state index contributed by atoms with van der Waals surface area (Å²) in [5.41, 5.74) is 1.47. The number of hydrogen-bond donors (Lipinski definition) is 0. The van der Waals surface area contributed by atoms with E-state index in [2.05, 4.69) is 42.9 Å². The fourth-order valence-corrected chi connectivity index (χ4v) is 3.05. The molecule has 0 atom stereocenters. The number of aryl methyl sites for hydroxylation is 2. The highest BCUT2D eigenvalue weighted by atomic mass is 14.9. The molecule has 0 amide bonds. The van der Waals surface area contributed by atoms with E-state index in [4.69, 9.17) is 0 Å². The van der Waals surface area contributed by atoms with Crippen molar-refractivity contribution in [1.82, 2.24) is 0 Å². The number of aromatic nitrogens is 1. The van der Waals surface area contributed by atoms with E-state index in [9.17, 15) is 0 Å². The van der Waals surface area contributed by atoms with Gasteiger partial charge in [-0.3, -0.25) is 0 Å². The van der Waals surface area contributed by atoms with Crippen LogP contribution in [-0.2, 0) is 13.0 Å². The van der Waals surface area contributed by atoms with Gasteiger partial charge in [0.1, 0.15) is 6.54 Å². The van der Waals surface area contributed by atoms with E-state index in [1.54, 1.807) is 0 Å². The largest absolute Gasteiger partial charge is 0.205 e. The summed E-state index contributed by atoms with van der Waals surface area (Å²) in [4.78, 5) is 0. The Kier molecular flexibility index (Phi) is 12.0. The Morgan fingerprint density at radius 3 is 1.64 bits per heavy atom. The lowest BCUT2D eigenvalue weighted by Crippen LogP contribution is -2.32. The number of pyridine rings is 1. The summed E-state index contributed by atoms with van der Waals surface area (Å²) < 4.78 is 2.34. The molecule has 1 aromatic rings. The molecule has 0 aliphatic rings. The second-order valence-corrected chi connectivity index (χ2v) is 6.73. The molecule has 0 radical (unpaired) electrons. The summed E-state index contributed by atoms with van der Waals surface area (Å²) in [6.45, 7) is 5.72. The van der Waals surface area contributed by atoms with Gasteiger partial charge in [0.2, 0.25) is 0 Å². The monoisotopic (exact) mass is 304 g/mol. The van der Waals surface area contributed by atoms with Gasteiger partial charge in [-0.05, 0) is 18.4 Å². The standard InChI is InChI=1S/C21H38N/c1-3-5-6-7-8-9-10-11-12-13-14-18-22-19-16-21(15-4-2)17-20-22/h16-17,19-20H,3-15,18H2,1-2H3/q+1. The Labute approximate surface area is 139 Å². The van der Waals surface area contributed by atoms with Crippen molar-refractivity contribution in [2.45, 2.75) is 104 Å².